The maximum absolute atomic E-state index is 13.0. The molecule has 0 radical (unpaired) electrons. The summed E-state index contributed by atoms with van der Waals surface area (Å²) in [4.78, 5) is 11.8. The van der Waals surface area contributed by atoms with Crippen molar-refractivity contribution in [3.05, 3.63) is 53.3 Å². The van der Waals surface area contributed by atoms with Gasteiger partial charge in [0.05, 0.1) is 0 Å². The lowest BCUT2D eigenvalue weighted by Gasteiger charge is -2.11. The van der Waals surface area contributed by atoms with E-state index >= 15 is 0 Å². The van der Waals surface area contributed by atoms with Crippen LogP contribution in [-0.4, -0.2) is 12.5 Å². The molecule has 0 atom stereocenters. The molecule has 0 heterocycles. The van der Waals surface area contributed by atoms with E-state index in [9.17, 15) is 9.18 Å². The molecule has 0 aromatic heterocycles. The number of halogens is 1. The molecule has 0 fully saturated rings. The van der Waals surface area contributed by atoms with Crippen molar-refractivity contribution in [1.82, 2.24) is 0 Å². The van der Waals surface area contributed by atoms with Crippen molar-refractivity contribution in [1.29, 1.82) is 0 Å². The molecule has 0 bridgehead atoms. The number of benzene rings is 2. The molecule has 0 spiro atoms. The van der Waals surface area contributed by atoms with Crippen molar-refractivity contribution in [2.75, 3.05) is 17.7 Å². The first-order chi connectivity index (χ1) is 9.95. The van der Waals surface area contributed by atoms with Crippen LogP contribution in [0.15, 0.2) is 36.4 Å². The molecule has 4 nitrogen and oxygen atoms in total. The molecule has 5 heteroatoms. The molecule has 0 aliphatic rings. The van der Waals surface area contributed by atoms with Gasteiger partial charge in [0, 0.05) is 17.4 Å². The van der Waals surface area contributed by atoms with Crippen LogP contribution >= 0.6 is 0 Å². The van der Waals surface area contributed by atoms with Gasteiger partial charge in [-0.2, -0.15) is 0 Å². The number of rotatable bonds is 4. The summed E-state index contributed by atoms with van der Waals surface area (Å²) < 4.78 is 18.5. The van der Waals surface area contributed by atoms with Crippen LogP contribution in [0.4, 0.5) is 15.8 Å². The van der Waals surface area contributed by atoms with Gasteiger partial charge in [0.15, 0.2) is 6.61 Å². The van der Waals surface area contributed by atoms with Crippen LogP contribution in [-0.2, 0) is 4.79 Å². The third-order valence-corrected chi connectivity index (χ3v) is 3.03. The van der Waals surface area contributed by atoms with Gasteiger partial charge in [0.2, 0.25) is 0 Å². The summed E-state index contributed by atoms with van der Waals surface area (Å²) in [5, 5.41) is 2.56. The van der Waals surface area contributed by atoms with Crippen molar-refractivity contribution >= 4 is 17.3 Å². The first-order valence-corrected chi connectivity index (χ1v) is 6.50. The highest BCUT2D eigenvalue weighted by Gasteiger charge is 2.07. The quantitative estimate of drug-likeness (QED) is 0.850. The van der Waals surface area contributed by atoms with E-state index in [-0.39, 0.29) is 12.5 Å². The smallest absolute Gasteiger partial charge is 0.262 e. The van der Waals surface area contributed by atoms with Gasteiger partial charge in [0.1, 0.15) is 11.6 Å². The van der Waals surface area contributed by atoms with E-state index in [0.717, 1.165) is 11.1 Å². The fourth-order valence-corrected chi connectivity index (χ4v) is 1.91. The molecule has 1 amide bonds. The van der Waals surface area contributed by atoms with E-state index < -0.39 is 5.82 Å². The third-order valence-electron chi connectivity index (χ3n) is 3.03. The Kier molecular flexibility index (Phi) is 4.42. The van der Waals surface area contributed by atoms with Crippen LogP contribution < -0.4 is 15.8 Å². The second-order valence-electron chi connectivity index (χ2n) is 4.82. The van der Waals surface area contributed by atoms with Gasteiger partial charge in [-0.3, -0.25) is 4.79 Å². The average Bonchev–Trinajstić information content (AvgIpc) is 2.41. The van der Waals surface area contributed by atoms with E-state index in [2.05, 4.69) is 5.32 Å². The monoisotopic (exact) mass is 288 g/mol. The fraction of sp³-hybridized carbons (Fsp3) is 0.188. The van der Waals surface area contributed by atoms with Crippen molar-refractivity contribution in [3.8, 4) is 5.75 Å². The number of amides is 1. The Labute approximate surface area is 122 Å². The summed E-state index contributed by atoms with van der Waals surface area (Å²) in [5.74, 6) is -0.206. The predicted octanol–water partition coefficient (Wildman–Crippen LogP) is 3.04. The van der Waals surface area contributed by atoms with Gasteiger partial charge in [0.25, 0.3) is 5.91 Å². The highest BCUT2D eigenvalue weighted by molar-refractivity contribution is 5.91. The van der Waals surface area contributed by atoms with Gasteiger partial charge in [-0.1, -0.05) is 12.1 Å². The number of nitrogens with one attached hydrogen (secondary N) is 1. The van der Waals surface area contributed by atoms with Crippen LogP contribution in [0.5, 0.6) is 5.75 Å². The van der Waals surface area contributed by atoms with Gasteiger partial charge in [-0.25, -0.2) is 4.39 Å². The average molecular weight is 288 g/mol. The van der Waals surface area contributed by atoms with E-state index in [1.807, 2.05) is 19.9 Å². The van der Waals surface area contributed by atoms with E-state index in [1.54, 1.807) is 12.1 Å². The molecule has 21 heavy (non-hydrogen) atoms. The Morgan fingerprint density at radius 2 is 2.00 bits per heavy atom. The summed E-state index contributed by atoms with van der Waals surface area (Å²) in [7, 11) is 0. The molecule has 110 valence electrons. The molecule has 0 saturated heterocycles. The summed E-state index contributed by atoms with van der Waals surface area (Å²) in [6.45, 7) is 3.62. The topological polar surface area (TPSA) is 64.3 Å². The minimum absolute atomic E-state index is 0.167. The van der Waals surface area contributed by atoms with Gasteiger partial charge in [-0.15, -0.1) is 0 Å². The predicted molar refractivity (Wildman–Crippen MR) is 80.9 cm³/mol. The number of nitrogen functional groups attached to an aromatic ring is 1. The first-order valence-electron chi connectivity index (χ1n) is 6.50. The molecule has 0 aliphatic heterocycles. The molecule has 3 N–H and O–H groups in total. The number of carbonyl (C=O) groups excluding carboxylic acids is 1. The zero-order chi connectivity index (χ0) is 15.4. The van der Waals surface area contributed by atoms with Crippen molar-refractivity contribution in [3.63, 3.8) is 0 Å². The summed E-state index contributed by atoms with van der Waals surface area (Å²) in [6, 6.07) is 9.28. The Hall–Kier alpha value is -2.56. The van der Waals surface area contributed by atoms with Crippen LogP contribution in [0.2, 0.25) is 0 Å². The Balaban J connectivity index is 1.97. The van der Waals surface area contributed by atoms with Gasteiger partial charge in [-0.05, 0) is 43.2 Å². The number of hydrogen-bond acceptors (Lipinski definition) is 3. The fourth-order valence-electron chi connectivity index (χ4n) is 1.91. The maximum Gasteiger partial charge on any atom is 0.262 e. The van der Waals surface area contributed by atoms with E-state index in [1.165, 1.54) is 18.2 Å². The Morgan fingerprint density at radius 3 is 2.71 bits per heavy atom. The third kappa shape index (κ3) is 3.95. The number of ether oxygens (including phenoxy) is 1. The summed E-state index contributed by atoms with van der Waals surface area (Å²) in [6.07, 6.45) is 0. The minimum atomic E-state index is -0.407. The molecule has 0 saturated carbocycles. The molecular formula is C16H17FN2O2. The first kappa shape index (κ1) is 14.8. The van der Waals surface area contributed by atoms with Crippen LogP contribution in [0.3, 0.4) is 0 Å². The van der Waals surface area contributed by atoms with Crippen LogP contribution in [0.25, 0.3) is 0 Å². The molecular weight excluding hydrogens is 271 g/mol. The SMILES string of the molecule is Cc1cc(C)c(OCC(=O)Nc2cccc(F)c2)cc1N. The van der Waals surface area contributed by atoms with Crippen molar-refractivity contribution in [2.24, 2.45) is 0 Å². The Bertz CT molecular complexity index is 671. The summed E-state index contributed by atoms with van der Waals surface area (Å²) >= 11 is 0. The number of carbonyl (C=O) groups is 1. The number of anilines is 2. The zero-order valence-corrected chi connectivity index (χ0v) is 11.9. The highest BCUT2D eigenvalue weighted by atomic mass is 19.1. The molecule has 0 unspecified atom stereocenters. The zero-order valence-electron chi connectivity index (χ0n) is 11.9. The van der Waals surface area contributed by atoms with E-state index in [4.69, 9.17) is 10.5 Å². The second-order valence-corrected chi connectivity index (χ2v) is 4.82. The second kappa shape index (κ2) is 6.26. The number of hydrogen-bond donors (Lipinski definition) is 2. The standard InChI is InChI=1S/C16H17FN2O2/c1-10-6-11(2)15(8-14(10)18)21-9-16(20)19-13-5-3-4-12(17)7-13/h3-8H,9,18H2,1-2H3,(H,19,20). The van der Waals surface area contributed by atoms with Crippen molar-refractivity contribution < 1.29 is 13.9 Å². The minimum Gasteiger partial charge on any atom is -0.483 e. The maximum atomic E-state index is 13.0. The number of nitrogens with two attached hydrogens (primary N) is 1. The van der Waals surface area contributed by atoms with Crippen LogP contribution in [0.1, 0.15) is 11.1 Å². The highest BCUT2D eigenvalue weighted by Crippen LogP contribution is 2.24. The lowest BCUT2D eigenvalue weighted by atomic mass is 10.1. The van der Waals surface area contributed by atoms with Crippen molar-refractivity contribution in [2.45, 2.75) is 13.8 Å². The summed E-state index contributed by atoms with van der Waals surface area (Å²) in [5.41, 5.74) is 8.68. The molecule has 0 aliphatic carbocycles. The molecule has 2 rings (SSSR count). The van der Waals surface area contributed by atoms with E-state index in [0.29, 0.717) is 17.1 Å². The lowest BCUT2D eigenvalue weighted by Crippen LogP contribution is -2.20. The molecule has 2 aromatic rings. The Morgan fingerprint density at radius 1 is 1.24 bits per heavy atom. The van der Waals surface area contributed by atoms with Crippen LogP contribution in [0, 0.1) is 19.7 Å². The lowest BCUT2D eigenvalue weighted by molar-refractivity contribution is -0.118. The van der Waals surface area contributed by atoms with Gasteiger partial charge < -0.3 is 15.8 Å². The normalized spacial score (nSPS) is 10.2. The number of aryl methyl sites for hydroxylation is 2. The largest absolute Gasteiger partial charge is 0.483 e. The van der Waals surface area contributed by atoms with Gasteiger partial charge >= 0.3 is 0 Å². The molecule has 2 aromatic carbocycles.